The highest BCUT2D eigenvalue weighted by molar-refractivity contribution is 14.0. The second kappa shape index (κ2) is 12.6. The van der Waals surface area contributed by atoms with E-state index in [4.69, 9.17) is 4.74 Å². The molecular weight excluding hydrogens is 489 g/mol. The number of rotatable bonds is 8. The lowest BCUT2D eigenvalue weighted by atomic mass is 10.2. The number of guanidine groups is 1. The highest BCUT2D eigenvalue weighted by Gasteiger charge is 2.23. The van der Waals surface area contributed by atoms with Crippen molar-refractivity contribution in [2.45, 2.75) is 19.0 Å². The van der Waals surface area contributed by atoms with Crippen LogP contribution < -0.4 is 20.3 Å². The lowest BCUT2D eigenvalue weighted by Crippen LogP contribution is -2.44. The van der Waals surface area contributed by atoms with Crippen LogP contribution in [-0.2, 0) is 6.54 Å². The van der Waals surface area contributed by atoms with Crippen molar-refractivity contribution in [3.63, 3.8) is 0 Å². The summed E-state index contributed by atoms with van der Waals surface area (Å²) in [5.41, 5.74) is 2.46. The van der Waals surface area contributed by atoms with E-state index < -0.39 is 0 Å². The Hall–Kier alpha value is -2.00. The van der Waals surface area contributed by atoms with Gasteiger partial charge in [0.05, 0.1) is 0 Å². The molecule has 1 aliphatic rings. The Kier molecular flexibility index (Phi) is 10.2. The first-order valence-corrected chi connectivity index (χ1v) is 10.3. The van der Waals surface area contributed by atoms with Crippen molar-refractivity contribution in [1.82, 2.24) is 15.5 Å². The number of halogens is 1. The third kappa shape index (κ3) is 7.68. The van der Waals surface area contributed by atoms with E-state index in [0.717, 1.165) is 37.8 Å². The van der Waals surface area contributed by atoms with E-state index in [0.29, 0.717) is 19.2 Å². The van der Waals surface area contributed by atoms with Crippen LogP contribution in [0.1, 0.15) is 12.0 Å². The summed E-state index contributed by atoms with van der Waals surface area (Å²) in [6, 6.07) is 19.2. The van der Waals surface area contributed by atoms with E-state index in [9.17, 15) is 0 Å². The third-order valence-electron chi connectivity index (χ3n) is 5.04. The number of anilines is 1. The molecule has 0 spiro atoms. The molecule has 0 aliphatic carbocycles. The van der Waals surface area contributed by atoms with Crippen molar-refractivity contribution in [1.29, 1.82) is 0 Å². The van der Waals surface area contributed by atoms with Crippen LogP contribution in [0, 0.1) is 0 Å². The SMILES string of the molecule is CN=C(NCc1cccc(OCCN(C)C)c1)NC1CCN(c2ccccc2)C1.I. The van der Waals surface area contributed by atoms with Crippen molar-refractivity contribution in [3.05, 3.63) is 60.2 Å². The minimum atomic E-state index is 0. The second-order valence-electron chi connectivity index (χ2n) is 7.64. The van der Waals surface area contributed by atoms with Gasteiger partial charge in [-0.3, -0.25) is 4.99 Å². The van der Waals surface area contributed by atoms with Crippen LogP contribution >= 0.6 is 24.0 Å². The minimum absolute atomic E-state index is 0. The van der Waals surface area contributed by atoms with E-state index in [-0.39, 0.29) is 24.0 Å². The maximum absolute atomic E-state index is 5.83. The molecule has 0 aromatic heterocycles. The molecule has 1 atom stereocenters. The molecule has 7 heteroatoms. The van der Waals surface area contributed by atoms with Crippen molar-refractivity contribution in [2.24, 2.45) is 4.99 Å². The van der Waals surface area contributed by atoms with Gasteiger partial charge in [0.1, 0.15) is 12.4 Å². The Bertz CT molecular complexity index is 784. The van der Waals surface area contributed by atoms with Crippen LogP contribution in [0.5, 0.6) is 5.75 Å². The molecule has 1 fully saturated rings. The quantitative estimate of drug-likeness (QED) is 0.316. The lowest BCUT2D eigenvalue weighted by Gasteiger charge is -2.20. The molecule has 2 aromatic carbocycles. The average molecular weight is 523 g/mol. The average Bonchev–Trinajstić information content (AvgIpc) is 3.20. The van der Waals surface area contributed by atoms with Gasteiger partial charge in [-0.1, -0.05) is 30.3 Å². The zero-order valence-corrected chi connectivity index (χ0v) is 20.5. The molecular formula is C23H34IN5O. The normalized spacial score (nSPS) is 16.3. The highest BCUT2D eigenvalue weighted by atomic mass is 127. The summed E-state index contributed by atoms with van der Waals surface area (Å²) in [4.78, 5) is 8.93. The third-order valence-corrected chi connectivity index (χ3v) is 5.04. The van der Waals surface area contributed by atoms with Crippen molar-refractivity contribution in [3.8, 4) is 5.75 Å². The van der Waals surface area contributed by atoms with Gasteiger partial charge < -0.3 is 25.2 Å². The Morgan fingerprint density at radius 1 is 1.17 bits per heavy atom. The maximum Gasteiger partial charge on any atom is 0.191 e. The van der Waals surface area contributed by atoms with Crippen LogP contribution in [0.25, 0.3) is 0 Å². The number of benzene rings is 2. The molecule has 0 bridgehead atoms. The molecule has 1 aliphatic heterocycles. The number of ether oxygens (including phenoxy) is 1. The minimum Gasteiger partial charge on any atom is -0.492 e. The van der Waals surface area contributed by atoms with Crippen molar-refractivity contribution < 1.29 is 4.74 Å². The molecule has 30 heavy (non-hydrogen) atoms. The maximum atomic E-state index is 5.83. The first-order chi connectivity index (χ1) is 14.1. The smallest absolute Gasteiger partial charge is 0.191 e. The van der Waals surface area contributed by atoms with E-state index >= 15 is 0 Å². The summed E-state index contributed by atoms with van der Waals surface area (Å²) >= 11 is 0. The number of para-hydroxylation sites is 1. The first-order valence-electron chi connectivity index (χ1n) is 10.3. The monoisotopic (exact) mass is 523 g/mol. The van der Waals surface area contributed by atoms with Gasteiger partial charge in [-0.2, -0.15) is 0 Å². The molecule has 2 aromatic rings. The van der Waals surface area contributed by atoms with Gasteiger partial charge in [-0.25, -0.2) is 0 Å². The molecule has 6 nitrogen and oxygen atoms in total. The van der Waals surface area contributed by atoms with Crippen LogP contribution in [0.3, 0.4) is 0 Å². The van der Waals surface area contributed by atoms with Gasteiger partial charge in [0.2, 0.25) is 0 Å². The lowest BCUT2D eigenvalue weighted by molar-refractivity contribution is 0.261. The van der Waals surface area contributed by atoms with Crippen LogP contribution in [0.4, 0.5) is 5.69 Å². The second-order valence-corrected chi connectivity index (χ2v) is 7.64. The number of nitrogens with one attached hydrogen (secondary N) is 2. The number of aliphatic imine (C=N–C) groups is 1. The van der Waals surface area contributed by atoms with E-state index in [1.54, 1.807) is 0 Å². The topological polar surface area (TPSA) is 52.1 Å². The molecule has 2 N–H and O–H groups in total. The number of hydrogen-bond acceptors (Lipinski definition) is 4. The molecule has 164 valence electrons. The van der Waals surface area contributed by atoms with Gasteiger partial charge in [-0.05, 0) is 50.3 Å². The van der Waals surface area contributed by atoms with Crippen LogP contribution in [-0.4, -0.2) is 64.3 Å². The van der Waals surface area contributed by atoms with E-state index in [1.807, 2.05) is 33.3 Å². The number of likely N-dealkylation sites (N-methyl/N-ethyl adjacent to an activating group) is 1. The zero-order chi connectivity index (χ0) is 20.5. The molecule has 0 saturated carbocycles. The first kappa shape index (κ1) is 24.3. The van der Waals surface area contributed by atoms with Crippen LogP contribution in [0.15, 0.2) is 59.6 Å². The Morgan fingerprint density at radius 2 is 1.97 bits per heavy atom. The number of hydrogen-bond donors (Lipinski definition) is 2. The largest absolute Gasteiger partial charge is 0.492 e. The Balaban J connectivity index is 0.00000320. The molecule has 1 heterocycles. The van der Waals surface area contributed by atoms with Gasteiger partial charge in [0.25, 0.3) is 0 Å². The van der Waals surface area contributed by atoms with Gasteiger partial charge in [0.15, 0.2) is 5.96 Å². The molecule has 0 radical (unpaired) electrons. The highest BCUT2D eigenvalue weighted by Crippen LogP contribution is 2.19. The van der Waals surface area contributed by atoms with E-state index in [1.165, 1.54) is 11.3 Å². The fraction of sp³-hybridized carbons (Fsp3) is 0.435. The molecule has 0 amide bonds. The van der Waals surface area contributed by atoms with Gasteiger partial charge in [0, 0.05) is 45.0 Å². The van der Waals surface area contributed by atoms with Crippen LogP contribution in [0.2, 0.25) is 0 Å². The van der Waals surface area contributed by atoms with Gasteiger partial charge >= 0.3 is 0 Å². The molecule has 1 saturated heterocycles. The summed E-state index contributed by atoms with van der Waals surface area (Å²) in [6.07, 6.45) is 1.10. The Morgan fingerprint density at radius 3 is 2.70 bits per heavy atom. The van der Waals surface area contributed by atoms with Gasteiger partial charge in [-0.15, -0.1) is 24.0 Å². The predicted octanol–water partition coefficient (Wildman–Crippen LogP) is 3.19. The molecule has 3 rings (SSSR count). The fourth-order valence-electron chi connectivity index (χ4n) is 3.42. The standard InChI is InChI=1S/C23H33N5O.HI/c1-24-23(26-20-12-13-28(18-20)21-9-5-4-6-10-21)25-17-19-8-7-11-22(16-19)29-15-14-27(2)3;/h4-11,16,20H,12-15,17-18H2,1-3H3,(H2,24,25,26);1H. The summed E-state index contributed by atoms with van der Waals surface area (Å²) in [5.74, 6) is 1.74. The van der Waals surface area contributed by atoms with E-state index in [2.05, 4.69) is 67.9 Å². The van der Waals surface area contributed by atoms with Crippen molar-refractivity contribution in [2.75, 3.05) is 52.3 Å². The summed E-state index contributed by atoms with van der Waals surface area (Å²) in [7, 11) is 5.91. The summed E-state index contributed by atoms with van der Waals surface area (Å²) in [6.45, 7) is 4.34. The molecule has 1 unspecified atom stereocenters. The summed E-state index contributed by atoms with van der Waals surface area (Å²) < 4.78 is 5.83. The fourth-order valence-corrected chi connectivity index (χ4v) is 3.42. The van der Waals surface area contributed by atoms with Crippen molar-refractivity contribution >= 4 is 35.6 Å². The summed E-state index contributed by atoms with van der Waals surface area (Å²) in [5, 5.41) is 6.98. The number of nitrogens with zero attached hydrogens (tertiary/aromatic N) is 3. The Labute approximate surface area is 197 Å². The predicted molar refractivity (Wildman–Crippen MR) is 136 cm³/mol. The zero-order valence-electron chi connectivity index (χ0n) is 18.2.